The van der Waals surface area contributed by atoms with Crippen molar-refractivity contribution in [1.82, 2.24) is 19.0 Å². The summed E-state index contributed by atoms with van der Waals surface area (Å²) in [4.78, 5) is 14.1. The van der Waals surface area contributed by atoms with Gasteiger partial charge >= 0.3 is 0 Å². The molecule has 1 saturated heterocycles. The molecule has 1 fully saturated rings. The average Bonchev–Trinajstić information content (AvgIpc) is 2.75. The van der Waals surface area contributed by atoms with Gasteiger partial charge in [-0.25, -0.2) is 0 Å². The molecule has 0 radical (unpaired) electrons. The van der Waals surface area contributed by atoms with E-state index < -0.39 is 0 Å². The molecule has 0 bridgehead atoms. The average molecular weight is 277 g/mol. The molecule has 0 spiro atoms. The normalized spacial score (nSPS) is 15.7. The van der Waals surface area contributed by atoms with Crippen LogP contribution in [0, 0.1) is 0 Å². The Balaban J connectivity index is 1.67. The molecule has 7 heteroatoms. The minimum absolute atomic E-state index is 0.0186. The Bertz CT molecular complexity index is 595. The van der Waals surface area contributed by atoms with E-state index >= 15 is 0 Å². The Morgan fingerprint density at radius 1 is 1.53 bits per heavy atom. The van der Waals surface area contributed by atoms with E-state index in [4.69, 9.17) is 0 Å². The first-order valence-corrected chi connectivity index (χ1v) is 6.89. The fraction of sp³-hybridized carbons (Fsp3) is 0.417. The van der Waals surface area contributed by atoms with Crippen molar-refractivity contribution in [3.63, 3.8) is 0 Å². The lowest BCUT2D eigenvalue weighted by atomic mass is 10.1. The molecule has 1 aliphatic rings. The Morgan fingerprint density at radius 2 is 2.37 bits per heavy atom. The molecule has 1 aromatic carbocycles. The Morgan fingerprint density at radius 3 is 3.11 bits per heavy atom. The minimum atomic E-state index is -0.0186. The van der Waals surface area contributed by atoms with Crippen molar-refractivity contribution in [3.8, 4) is 0 Å². The van der Waals surface area contributed by atoms with E-state index in [0.29, 0.717) is 12.6 Å². The highest BCUT2D eigenvalue weighted by Gasteiger charge is 2.23. The Labute approximate surface area is 115 Å². The zero-order valence-electron chi connectivity index (χ0n) is 10.6. The van der Waals surface area contributed by atoms with Gasteiger partial charge in [0.05, 0.1) is 24.0 Å². The summed E-state index contributed by atoms with van der Waals surface area (Å²) in [6.07, 6.45) is 0. The molecule has 1 aliphatic heterocycles. The van der Waals surface area contributed by atoms with E-state index in [9.17, 15) is 4.79 Å². The van der Waals surface area contributed by atoms with Gasteiger partial charge in [-0.3, -0.25) is 9.69 Å². The molecule has 2 heterocycles. The van der Waals surface area contributed by atoms with Crippen molar-refractivity contribution >= 4 is 34.4 Å². The fourth-order valence-electron chi connectivity index (χ4n) is 2.04. The number of carbonyl (C=O) groups excluding carboxylic acids is 1. The second kappa shape index (κ2) is 5.20. The van der Waals surface area contributed by atoms with Crippen LogP contribution in [0.4, 0.5) is 5.69 Å². The van der Waals surface area contributed by atoms with Crippen LogP contribution in [0.3, 0.4) is 0 Å². The third kappa shape index (κ3) is 2.58. The molecule has 3 rings (SSSR count). The van der Waals surface area contributed by atoms with Gasteiger partial charge < -0.3 is 10.6 Å². The minimum Gasteiger partial charge on any atom is -0.323 e. The van der Waals surface area contributed by atoms with Crippen LogP contribution in [-0.2, 0) is 4.79 Å². The fourth-order valence-corrected chi connectivity index (χ4v) is 2.59. The number of carbonyl (C=O) groups is 1. The zero-order valence-corrected chi connectivity index (χ0v) is 11.4. The molecular formula is C12H15N5OS. The van der Waals surface area contributed by atoms with E-state index in [1.807, 2.05) is 25.2 Å². The summed E-state index contributed by atoms with van der Waals surface area (Å²) in [5, 5.41) is 6.10. The quantitative estimate of drug-likeness (QED) is 0.853. The Kier molecular flexibility index (Phi) is 3.41. The number of fused-ring (bicyclic) bond motifs is 1. The highest BCUT2D eigenvalue weighted by Crippen LogP contribution is 2.21. The smallest absolute Gasteiger partial charge is 0.238 e. The van der Waals surface area contributed by atoms with Gasteiger partial charge in [-0.05, 0) is 19.2 Å². The highest BCUT2D eigenvalue weighted by molar-refractivity contribution is 7.00. The molecule has 19 heavy (non-hydrogen) atoms. The number of hydrogen-bond donors (Lipinski definition) is 2. The van der Waals surface area contributed by atoms with Gasteiger partial charge in [0.25, 0.3) is 0 Å². The molecule has 2 N–H and O–H groups in total. The largest absolute Gasteiger partial charge is 0.323 e. The lowest BCUT2D eigenvalue weighted by molar-refractivity contribution is -0.117. The number of likely N-dealkylation sites (N-methyl/N-ethyl adjacent to an activating group) is 1. The van der Waals surface area contributed by atoms with E-state index in [0.717, 1.165) is 41.5 Å². The van der Waals surface area contributed by atoms with Crippen LogP contribution in [0.25, 0.3) is 11.0 Å². The van der Waals surface area contributed by atoms with Crippen molar-refractivity contribution in [1.29, 1.82) is 0 Å². The summed E-state index contributed by atoms with van der Waals surface area (Å²) < 4.78 is 8.36. The topological polar surface area (TPSA) is 70.2 Å². The van der Waals surface area contributed by atoms with E-state index in [2.05, 4.69) is 24.3 Å². The van der Waals surface area contributed by atoms with Gasteiger partial charge in [-0.15, -0.1) is 0 Å². The van der Waals surface area contributed by atoms with Crippen LogP contribution in [-0.4, -0.2) is 52.3 Å². The second-order valence-corrected chi connectivity index (χ2v) is 5.24. The van der Waals surface area contributed by atoms with Gasteiger partial charge in [-0.2, -0.15) is 8.75 Å². The molecule has 0 saturated carbocycles. The molecule has 2 aromatic rings. The maximum absolute atomic E-state index is 12.0. The van der Waals surface area contributed by atoms with E-state index in [1.54, 1.807) is 0 Å². The van der Waals surface area contributed by atoms with Crippen molar-refractivity contribution in [2.75, 3.05) is 32.0 Å². The van der Waals surface area contributed by atoms with Crippen LogP contribution in [0.5, 0.6) is 0 Å². The number of rotatable bonds is 4. The number of amides is 1. The first-order chi connectivity index (χ1) is 9.24. The predicted octanol–water partition coefficient (Wildman–Crippen LogP) is 0.533. The molecule has 100 valence electrons. The monoisotopic (exact) mass is 277 g/mol. The first-order valence-electron chi connectivity index (χ1n) is 6.16. The molecular weight excluding hydrogens is 262 g/mol. The summed E-state index contributed by atoms with van der Waals surface area (Å²) in [7, 11) is 1.97. The lowest BCUT2D eigenvalue weighted by Crippen LogP contribution is -2.57. The van der Waals surface area contributed by atoms with Crippen molar-refractivity contribution in [3.05, 3.63) is 18.2 Å². The maximum atomic E-state index is 12.0. The third-order valence-electron chi connectivity index (χ3n) is 3.34. The van der Waals surface area contributed by atoms with Crippen molar-refractivity contribution in [2.24, 2.45) is 0 Å². The summed E-state index contributed by atoms with van der Waals surface area (Å²) in [5.74, 6) is -0.0186. The molecule has 6 nitrogen and oxygen atoms in total. The summed E-state index contributed by atoms with van der Waals surface area (Å²) in [6, 6.07) is 6.08. The van der Waals surface area contributed by atoms with Gasteiger partial charge in [0.1, 0.15) is 11.0 Å². The Hall–Kier alpha value is -1.57. The van der Waals surface area contributed by atoms with Crippen molar-refractivity contribution < 1.29 is 4.79 Å². The van der Waals surface area contributed by atoms with Crippen LogP contribution in [0.2, 0.25) is 0 Å². The summed E-state index contributed by atoms with van der Waals surface area (Å²) in [6.45, 7) is 2.30. The number of anilines is 1. The molecule has 0 unspecified atom stereocenters. The van der Waals surface area contributed by atoms with Crippen LogP contribution >= 0.6 is 11.7 Å². The van der Waals surface area contributed by atoms with E-state index in [1.165, 1.54) is 0 Å². The summed E-state index contributed by atoms with van der Waals surface area (Å²) in [5.41, 5.74) is 2.31. The molecule has 0 aliphatic carbocycles. The second-order valence-electron chi connectivity index (χ2n) is 4.71. The van der Waals surface area contributed by atoms with Gasteiger partial charge in [0, 0.05) is 19.1 Å². The standard InChI is InChI=1S/C12H15N5OS/c1-17(8-5-13-6-8)7-11(18)14-9-3-2-4-10-12(9)16-19-15-10/h2-4,8,13H,5-7H2,1H3,(H,14,18). The van der Waals surface area contributed by atoms with Crippen LogP contribution in [0.1, 0.15) is 0 Å². The maximum Gasteiger partial charge on any atom is 0.238 e. The van der Waals surface area contributed by atoms with Crippen molar-refractivity contribution in [2.45, 2.75) is 6.04 Å². The van der Waals surface area contributed by atoms with Gasteiger partial charge in [0.2, 0.25) is 5.91 Å². The molecule has 1 aromatic heterocycles. The lowest BCUT2D eigenvalue weighted by Gasteiger charge is -2.35. The highest BCUT2D eigenvalue weighted by atomic mass is 32.1. The third-order valence-corrected chi connectivity index (χ3v) is 3.88. The number of nitrogens with one attached hydrogen (secondary N) is 2. The van der Waals surface area contributed by atoms with Crippen LogP contribution < -0.4 is 10.6 Å². The van der Waals surface area contributed by atoms with Gasteiger partial charge in [0.15, 0.2) is 0 Å². The van der Waals surface area contributed by atoms with Gasteiger partial charge in [-0.1, -0.05) is 6.07 Å². The number of benzene rings is 1. The predicted molar refractivity (Wildman–Crippen MR) is 75.3 cm³/mol. The van der Waals surface area contributed by atoms with E-state index in [-0.39, 0.29) is 5.91 Å². The molecule has 1 amide bonds. The number of nitrogens with zero attached hydrogens (tertiary/aromatic N) is 3. The first kappa shape index (κ1) is 12.5. The number of hydrogen-bond acceptors (Lipinski definition) is 6. The van der Waals surface area contributed by atoms with Crippen LogP contribution in [0.15, 0.2) is 18.2 Å². The molecule has 0 atom stereocenters. The zero-order chi connectivity index (χ0) is 13.2. The number of aromatic nitrogens is 2. The summed E-state index contributed by atoms with van der Waals surface area (Å²) >= 11 is 1.16. The SMILES string of the molecule is CN(CC(=O)Nc1cccc2nsnc12)C1CNC1.